The number of nitrogens with zero attached hydrogens (tertiary/aromatic N) is 1. The van der Waals surface area contributed by atoms with Crippen molar-refractivity contribution in [2.75, 3.05) is 0 Å². The first-order chi connectivity index (χ1) is 5.33. The molecule has 1 aliphatic carbocycles. The Labute approximate surface area is 66.0 Å². The van der Waals surface area contributed by atoms with Crippen LogP contribution in [0.4, 0.5) is 0 Å². The zero-order chi connectivity index (χ0) is 7.84. The van der Waals surface area contributed by atoms with Crippen molar-refractivity contribution in [1.29, 1.82) is 0 Å². The molecule has 0 bridgehead atoms. The third kappa shape index (κ3) is 1.05. The fourth-order valence-electron chi connectivity index (χ4n) is 1.45. The quantitative estimate of drug-likeness (QED) is 0.583. The van der Waals surface area contributed by atoms with Gasteiger partial charge in [-0.2, -0.15) is 0 Å². The van der Waals surface area contributed by atoms with Crippen molar-refractivity contribution in [1.82, 2.24) is 10.4 Å². The highest BCUT2D eigenvalue weighted by atomic mass is 16.1. The van der Waals surface area contributed by atoms with Crippen LogP contribution >= 0.6 is 0 Å². The molecule has 1 unspecified atom stereocenters. The average molecular weight is 152 g/mol. The summed E-state index contributed by atoms with van der Waals surface area (Å²) in [5.74, 6) is 0. The van der Waals surface area contributed by atoms with E-state index < -0.39 is 0 Å². The molecule has 3 nitrogen and oxygen atoms in total. The lowest BCUT2D eigenvalue weighted by Crippen LogP contribution is -2.38. The Hall–Kier alpha value is -0.830. The molecule has 2 rings (SSSR count). The van der Waals surface area contributed by atoms with Gasteiger partial charge < -0.3 is 5.43 Å². The van der Waals surface area contributed by atoms with Crippen molar-refractivity contribution >= 4 is 6.29 Å². The van der Waals surface area contributed by atoms with E-state index >= 15 is 0 Å². The van der Waals surface area contributed by atoms with Gasteiger partial charge in [-0.15, -0.1) is 0 Å². The summed E-state index contributed by atoms with van der Waals surface area (Å²) in [5, 5.41) is 2.16. The van der Waals surface area contributed by atoms with E-state index in [1.54, 1.807) is 6.20 Å². The highest BCUT2D eigenvalue weighted by Crippen LogP contribution is 2.30. The number of nitrogens with one attached hydrogen (secondary N) is 1. The second kappa shape index (κ2) is 2.34. The monoisotopic (exact) mass is 152 g/mol. The van der Waals surface area contributed by atoms with Crippen LogP contribution in [0.1, 0.15) is 19.8 Å². The molecule has 2 aliphatic rings. The Morgan fingerprint density at radius 3 is 2.91 bits per heavy atom. The van der Waals surface area contributed by atoms with Gasteiger partial charge in [0.15, 0.2) is 0 Å². The minimum absolute atomic E-state index is 0.264. The number of carbonyl (C=O) groups is 1. The lowest BCUT2D eigenvalue weighted by molar-refractivity contribution is -0.105. The molecule has 0 radical (unpaired) electrons. The Kier molecular flexibility index (Phi) is 1.46. The minimum atomic E-state index is 0.264. The van der Waals surface area contributed by atoms with Crippen molar-refractivity contribution in [3.05, 3.63) is 11.8 Å². The maximum absolute atomic E-state index is 10.5. The van der Waals surface area contributed by atoms with Gasteiger partial charge in [0, 0.05) is 17.8 Å². The van der Waals surface area contributed by atoms with Crippen LogP contribution in [0.2, 0.25) is 0 Å². The van der Waals surface area contributed by atoms with Gasteiger partial charge in [0.05, 0.1) is 6.04 Å². The molecule has 0 amide bonds. The molecule has 1 saturated carbocycles. The zero-order valence-electron chi connectivity index (χ0n) is 6.58. The number of rotatable bonds is 2. The van der Waals surface area contributed by atoms with Crippen molar-refractivity contribution in [3.63, 3.8) is 0 Å². The lowest BCUT2D eigenvalue weighted by atomic mass is 10.2. The molecule has 1 N–H and O–H groups in total. The predicted molar refractivity (Wildman–Crippen MR) is 41.6 cm³/mol. The molecular formula is C8H12N2O. The minimum Gasteiger partial charge on any atom is -0.325 e. The third-order valence-corrected chi connectivity index (χ3v) is 2.36. The molecule has 60 valence electrons. The van der Waals surface area contributed by atoms with Gasteiger partial charge in [0.1, 0.15) is 6.29 Å². The molecule has 1 aliphatic heterocycles. The smallest absolute Gasteiger partial charge is 0.149 e. The summed E-state index contributed by atoms with van der Waals surface area (Å²) in [6, 6.07) is 0.929. The first-order valence-corrected chi connectivity index (χ1v) is 4.02. The van der Waals surface area contributed by atoms with E-state index in [9.17, 15) is 4.79 Å². The first-order valence-electron chi connectivity index (χ1n) is 4.02. The maximum Gasteiger partial charge on any atom is 0.149 e. The van der Waals surface area contributed by atoms with Gasteiger partial charge >= 0.3 is 0 Å². The molecule has 1 fully saturated rings. The van der Waals surface area contributed by atoms with Gasteiger partial charge in [-0.1, -0.05) is 0 Å². The number of hydrogen-bond acceptors (Lipinski definition) is 3. The van der Waals surface area contributed by atoms with Crippen LogP contribution in [0.25, 0.3) is 0 Å². The molecule has 1 atom stereocenters. The maximum atomic E-state index is 10.5. The second-order valence-electron chi connectivity index (χ2n) is 3.21. The van der Waals surface area contributed by atoms with Crippen LogP contribution in [-0.2, 0) is 4.79 Å². The second-order valence-corrected chi connectivity index (χ2v) is 3.21. The summed E-state index contributed by atoms with van der Waals surface area (Å²) in [7, 11) is 0. The van der Waals surface area contributed by atoms with E-state index in [2.05, 4.69) is 17.4 Å². The third-order valence-electron chi connectivity index (χ3n) is 2.36. The van der Waals surface area contributed by atoms with Crippen molar-refractivity contribution < 1.29 is 4.79 Å². The summed E-state index contributed by atoms with van der Waals surface area (Å²) in [4.78, 5) is 10.5. The Morgan fingerprint density at radius 1 is 1.73 bits per heavy atom. The molecular weight excluding hydrogens is 140 g/mol. The molecule has 0 aromatic heterocycles. The van der Waals surface area contributed by atoms with Gasteiger partial charge in [-0.25, -0.2) is 5.01 Å². The summed E-state index contributed by atoms with van der Waals surface area (Å²) >= 11 is 0. The number of carbonyl (C=O) groups excluding carboxylic acids is 1. The van der Waals surface area contributed by atoms with E-state index in [1.165, 1.54) is 12.8 Å². The standard InChI is InChI=1S/C8H12N2O/c1-6-7(5-11)4-9-10(6)8-2-3-8/h4-6,8-9H,2-3H2,1H3. The SMILES string of the molecule is CC1C(C=O)=CNN1C1CC1. The lowest BCUT2D eigenvalue weighted by Gasteiger charge is -2.21. The summed E-state index contributed by atoms with van der Waals surface area (Å²) < 4.78 is 0. The van der Waals surface area contributed by atoms with E-state index in [0.29, 0.717) is 6.04 Å². The van der Waals surface area contributed by atoms with Crippen LogP contribution in [0.15, 0.2) is 11.8 Å². The van der Waals surface area contributed by atoms with Crippen LogP contribution in [0.5, 0.6) is 0 Å². The fourth-order valence-corrected chi connectivity index (χ4v) is 1.45. The molecule has 0 spiro atoms. The molecule has 0 aromatic rings. The van der Waals surface area contributed by atoms with Gasteiger partial charge in [0.2, 0.25) is 0 Å². The van der Waals surface area contributed by atoms with Crippen LogP contribution in [-0.4, -0.2) is 23.4 Å². The van der Waals surface area contributed by atoms with E-state index in [0.717, 1.165) is 11.9 Å². The normalized spacial score (nSPS) is 31.4. The fraction of sp³-hybridized carbons (Fsp3) is 0.625. The van der Waals surface area contributed by atoms with Gasteiger partial charge in [-0.3, -0.25) is 4.79 Å². The van der Waals surface area contributed by atoms with Crippen LogP contribution < -0.4 is 5.43 Å². The topological polar surface area (TPSA) is 32.3 Å². The Bertz CT molecular complexity index is 208. The van der Waals surface area contributed by atoms with Crippen molar-refractivity contribution in [2.45, 2.75) is 31.8 Å². The first kappa shape index (κ1) is 6.85. The highest BCUT2D eigenvalue weighted by molar-refractivity contribution is 5.75. The molecule has 11 heavy (non-hydrogen) atoms. The number of hydrogen-bond donors (Lipinski definition) is 1. The van der Waals surface area contributed by atoms with Crippen LogP contribution in [0.3, 0.4) is 0 Å². The van der Waals surface area contributed by atoms with E-state index in [4.69, 9.17) is 0 Å². The van der Waals surface area contributed by atoms with Gasteiger partial charge in [-0.05, 0) is 19.8 Å². The largest absolute Gasteiger partial charge is 0.325 e. The van der Waals surface area contributed by atoms with Crippen molar-refractivity contribution in [3.8, 4) is 0 Å². The summed E-state index contributed by atoms with van der Waals surface area (Å²) in [6.45, 7) is 2.05. The number of aldehydes is 1. The molecule has 1 heterocycles. The van der Waals surface area contributed by atoms with Crippen LogP contribution in [0, 0.1) is 0 Å². The molecule has 0 saturated heterocycles. The Morgan fingerprint density at radius 2 is 2.45 bits per heavy atom. The zero-order valence-corrected chi connectivity index (χ0v) is 6.58. The number of hydrazine groups is 1. The molecule has 3 heteroatoms. The summed E-state index contributed by atoms with van der Waals surface area (Å²) in [6.07, 6.45) is 5.25. The average Bonchev–Trinajstić information content (AvgIpc) is 2.77. The molecule has 0 aromatic carbocycles. The Balaban J connectivity index is 2.04. The predicted octanol–water partition coefficient (Wildman–Crippen LogP) is 0.440. The summed E-state index contributed by atoms with van der Waals surface area (Å²) in [5.41, 5.74) is 3.97. The van der Waals surface area contributed by atoms with E-state index in [1.807, 2.05) is 0 Å². The van der Waals surface area contributed by atoms with E-state index in [-0.39, 0.29) is 6.04 Å². The van der Waals surface area contributed by atoms with Gasteiger partial charge in [0.25, 0.3) is 0 Å². The highest BCUT2D eigenvalue weighted by Gasteiger charge is 2.35. The van der Waals surface area contributed by atoms with Crippen molar-refractivity contribution in [2.24, 2.45) is 0 Å².